The van der Waals surface area contributed by atoms with Crippen LogP contribution in [0.5, 0.6) is 0 Å². The lowest BCUT2D eigenvalue weighted by Gasteiger charge is -1.99. The van der Waals surface area contributed by atoms with Crippen LogP contribution in [-0.2, 0) is 0 Å². The van der Waals surface area contributed by atoms with Gasteiger partial charge >= 0.3 is 0 Å². The molecule has 0 aromatic heterocycles. The summed E-state index contributed by atoms with van der Waals surface area (Å²) in [5.74, 6) is 0.817. The zero-order valence-corrected chi connectivity index (χ0v) is 6.70. The standard InChI is InChI=1S/C9H16/c1-4-5-6-8-7-9(8,2)3/h8H,4-6H2,1-3H3. The molecule has 1 unspecified atom stereocenters. The molecule has 0 N–H and O–H groups in total. The molecule has 0 aromatic carbocycles. The van der Waals surface area contributed by atoms with Gasteiger partial charge in [-0.15, -0.1) is 0 Å². The van der Waals surface area contributed by atoms with Crippen molar-refractivity contribution in [1.82, 2.24) is 0 Å². The number of hydrogen-bond acceptors (Lipinski definition) is 0. The molecule has 1 saturated carbocycles. The molecule has 0 heteroatoms. The Hall–Kier alpha value is 0. The van der Waals surface area contributed by atoms with Crippen molar-refractivity contribution in [3.63, 3.8) is 0 Å². The zero-order valence-electron chi connectivity index (χ0n) is 6.70. The maximum Gasteiger partial charge on any atom is -0.00691 e. The third kappa shape index (κ3) is 1.70. The highest BCUT2D eigenvalue weighted by molar-refractivity contribution is 5.12. The van der Waals surface area contributed by atoms with Crippen molar-refractivity contribution >= 4 is 0 Å². The van der Waals surface area contributed by atoms with Gasteiger partial charge in [-0.1, -0.05) is 33.6 Å². The molecule has 2 radical (unpaired) electrons. The van der Waals surface area contributed by atoms with Gasteiger partial charge in [0.15, 0.2) is 0 Å². The van der Waals surface area contributed by atoms with Gasteiger partial charge in [-0.3, -0.25) is 0 Å². The summed E-state index contributed by atoms with van der Waals surface area (Å²) in [5.41, 5.74) is 0.467. The molecule has 1 fully saturated rings. The molecular weight excluding hydrogens is 108 g/mol. The quantitative estimate of drug-likeness (QED) is 0.542. The molecule has 9 heavy (non-hydrogen) atoms. The minimum absolute atomic E-state index is 0.467. The minimum Gasteiger partial charge on any atom is -0.0654 e. The molecule has 1 aliphatic rings. The molecule has 0 saturated heterocycles. The number of unbranched alkanes of at least 4 members (excludes halogenated alkanes) is 1. The molecule has 0 heterocycles. The van der Waals surface area contributed by atoms with E-state index in [-0.39, 0.29) is 0 Å². The zero-order chi connectivity index (χ0) is 6.91. The van der Waals surface area contributed by atoms with Gasteiger partial charge in [-0.05, 0) is 24.2 Å². The monoisotopic (exact) mass is 124 g/mol. The van der Waals surface area contributed by atoms with Crippen LogP contribution in [0, 0.1) is 17.8 Å². The van der Waals surface area contributed by atoms with Crippen molar-refractivity contribution < 1.29 is 0 Å². The molecule has 1 aliphatic carbocycles. The summed E-state index contributed by atoms with van der Waals surface area (Å²) in [6, 6.07) is 0. The molecule has 0 amide bonds. The van der Waals surface area contributed by atoms with Crippen LogP contribution < -0.4 is 0 Å². The Morgan fingerprint density at radius 2 is 2.00 bits per heavy atom. The van der Waals surface area contributed by atoms with E-state index in [4.69, 9.17) is 0 Å². The maximum absolute atomic E-state index is 3.44. The first-order valence-electron chi connectivity index (χ1n) is 3.94. The van der Waals surface area contributed by atoms with Crippen molar-refractivity contribution in [2.45, 2.75) is 40.0 Å². The second kappa shape index (κ2) is 2.32. The number of rotatable bonds is 3. The molecule has 1 rings (SSSR count). The minimum atomic E-state index is 0.467. The van der Waals surface area contributed by atoms with Gasteiger partial charge in [-0.25, -0.2) is 0 Å². The van der Waals surface area contributed by atoms with Gasteiger partial charge in [0.25, 0.3) is 0 Å². The Labute approximate surface area is 58.7 Å². The predicted octanol–water partition coefficient (Wildman–Crippen LogP) is 2.91. The van der Waals surface area contributed by atoms with Gasteiger partial charge in [0, 0.05) is 0 Å². The summed E-state index contributed by atoms with van der Waals surface area (Å²) < 4.78 is 0. The Bertz CT molecular complexity index is 92.2. The highest BCUT2D eigenvalue weighted by Crippen LogP contribution is 2.52. The SMILES string of the molecule is CCCCC1[C]C1(C)C. The van der Waals surface area contributed by atoms with Crippen LogP contribution in [0.4, 0.5) is 0 Å². The van der Waals surface area contributed by atoms with Crippen LogP contribution >= 0.6 is 0 Å². The van der Waals surface area contributed by atoms with Crippen molar-refractivity contribution in [2.75, 3.05) is 0 Å². The summed E-state index contributed by atoms with van der Waals surface area (Å²) in [6.07, 6.45) is 7.51. The average Bonchev–Trinajstić information content (AvgIpc) is 2.35. The lowest BCUT2D eigenvalue weighted by atomic mass is 10.1. The predicted molar refractivity (Wildman–Crippen MR) is 40.0 cm³/mol. The van der Waals surface area contributed by atoms with Crippen molar-refractivity contribution in [2.24, 2.45) is 11.3 Å². The first-order chi connectivity index (χ1) is 4.17. The molecule has 0 spiro atoms. The summed E-state index contributed by atoms with van der Waals surface area (Å²) >= 11 is 0. The Kier molecular flexibility index (Phi) is 1.83. The van der Waals surface area contributed by atoms with Gasteiger partial charge in [0.2, 0.25) is 0 Å². The highest BCUT2D eigenvalue weighted by atomic mass is 14.5. The van der Waals surface area contributed by atoms with Crippen molar-refractivity contribution in [1.29, 1.82) is 0 Å². The molecule has 0 nitrogen and oxygen atoms in total. The molecule has 0 aromatic rings. The van der Waals surface area contributed by atoms with E-state index in [1.165, 1.54) is 19.3 Å². The second-order valence-electron chi connectivity index (χ2n) is 3.56. The fraction of sp³-hybridized carbons (Fsp3) is 0.889. The molecule has 0 aliphatic heterocycles. The van der Waals surface area contributed by atoms with E-state index < -0.39 is 0 Å². The van der Waals surface area contributed by atoms with Gasteiger partial charge in [-0.2, -0.15) is 0 Å². The summed E-state index contributed by atoms with van der Waals surface area (Å²) in [7, 11) is 0. The Morgan fingerprint density at radius 3 is 2.33 bits per heavy atom. The smallest absolute Gasteiger partial charge is 0.00691 e. The van der Waals surface area contributed by atoms with Crippen LogP contribution in [-0.4, -0.2) is 0 Å². The van der Waals surface area contributed by atoms with E-state index in [2.05, 4.69) is 27.2 Å². The molecule has 52 valence electrons. The second-order valence-corrected chi connectivity index (χ2v) is 3.56. The maximum atomic E-state index is 3.44. The first kappa shape index (κ1) is 7.11. The van der Waals surface area contributed by atoms with E-state index in [1.807, 2.05) is 0 Å². The van der Waals surface area contributed by atoms with Gasteiger partial charge in [0.1, 0.15) is 0 Å². The van der Waals surface area contributed by atoms with Crippen LogP contribution in [0.2, 0.25) is 0 Å². The van der Waals surface area contributed by atoms with Gasteiger partial charge < -0.3 is 0 Å². The van der Waals surface area contributed by atoms with Crippen LogP contribution in [0.1, 0.15) is 40.0 Å². The first-order valence-corrected chi connectivity index (χ1v) is 3.94. The van der Waals surface area contributed by atoms with E-state index in [1.54, 1.807) is 0 Å². The van der Waals surface area contributed by atoms with Crippen LogP contribution in [0.15, 0.2) is 0 Å². The molecule has 0 bridgehead atoms. The fourth-order valence-electron chi connectivity index (χ4n) is 1.25. The average molecular weight is 124 g/mol. The van der Waals surface area contributed by atoms with Crippen LogP contribution in [0.25, 0.3) is 0 Å². The van der Waals surface area contributed by atoms with E-state index in [0.717, 1.165) is 5.92 Å². The van der Waals surface area contributed by atoms with E-state index >= 15 is 0 Å². The number of hydrogen-bond donors (Lipinski definition) is 0. The van der Waals surface area contributed by atoms with E-state index in [0.29, 0.717) is 5.41 Å². The topological polar surface area (TPSA) is 0 Å². The third-order valence-electron chi connectivity index (χ3n) is 2.18. The van der Waals surface area contributed by atoms with Crippen molar-refractivity contribution in [3.05, 3.63) is 6.42 Å². The van der Waals surface area contributed by atoms with Crippen molar-refractivity contribution in [3.8, 4) is 0 Å². The summed E-state index contributed by atoms with van der Waals surface area (Å²) in [5, 5.41) is 0. The highest BCUT2D eigenvalue weighted by Gasteiger charge is 2.45. The largest absolute Gasteiger partial charge is 0.0654 e. The fourth-order valence-corrected chi connectivity index (χ4v) is 1.25. The third-order valence-corrected chi connectivity index (χ3v) is 2.18. The summed E-state index contributed by atoms with van der Waals surface area (Å²) in [4.78, 5) is 0. The summed E-state index contributed by atoms with van der Waals surface area (Å²) in [6.45, 7) is 6.79. The van der Waals surface area contributed by atoms with Gasteiger partial charge in [0.05, 0.1) is 0 Å². The lowest BCUT2D eigenvalue weighted by Crippen LogP contribution is -1.89. The molecular formula is C9H16. The lowest BCUT2D eigenvalue weighted by molar-refractivity contribution is 0.516. The Balaban J connectivity index is 2.06. The normalized spacial score (nSPS) is 30.3. The van der Waals surface area contributed by atoms with Crippen LogP contribution in [0.3, 0.4) is 0 Å². The Morgan fingerprint density at radius 1 is 1.44 bits per heavy atom. The van der Waals surface area contributed by atoms with E-state index in [9.17, 15) is 0 Å². The molecule has 1 atom stereocenters.